The molecule has 2 N–H and O–H groups in total. The Morgan fingerprint density at radius 3 is 2.60 bits per heavy atom. The first-order valence-corrected chi connectivity index (χ1v) is 8.50. The Morgan fingerprint density at radius 2 is 2.10 bits per heavy atom. The molecule has 8 heteroatoms. The highest BCUT2D eigenvalue weighted by Crippen LogP contribution is 2.28. The summed E-state index contributed by atoms with van der Waals surface area (Å²) in [5.41, 5.74) is 7.21. The average molecular weight is 379 g/mol. The highest BCUT2D eigenvalue weighted by molar-refractivity contribution is 9.10. The molecule has 1 aromatic heterocycles. The fraction of sp³-hybridized carbons (Fsp3) is 0.250. The summed E-state index contributed by atoms with van der Waals surface area (Å²) in [4.78, 5) is 0.0765. The minimum Gasteiger partial charge on any atom is -0.398 e. The number of rotatable bonds is 3. The number of nitrogens with two attached hydrogens (primary N) is 1. The molecule has 0 saturated carbocycles. The zero-order chi connectivity index (χ0) is 15.1. The van der Waals surface area contributed by atoms with Crippen LogP contribution >= 0.6 is 27.5 Å². The molecular weight excluding hydrogens is 366 g/mol. The van der Waals surface area contributed by atoms with Gasteiger partial charge in [0, 0.05) is 12.1 Å². The maximum absolute atomic E-state index is 12.5. The molecule has 1 heterocycles. The molecule has 0 unspecified atom stereocenters. The number of hydrogen-bond donors (Lipinski definition) is 1. The first kappa shape index (κ1) is 15.3. The number of anilines is 1. The van der Waals surface area contributed by atoms with Crippen molar-refractivity contribution in [1.82, 2.24) is 9.78 Å². The third-order valence-corrected chi connectivity index (χ3v) is 5.86. The molecular formula is C12H13BrClN3O2S. The molecule has 1 aromatic carbocycles. The number of halogens is 2. The Hall–Kier alpha value is -1.05. The molecule has 0 saturated heterocycles. The molecule has 0 fully saturated rings. The van der Waals surface area contributed by atoms with Crippen molar-refractivity contribution < 1.29 is 8.42 Å². The monoisotopic (exact) mass is 377 g/mol. The van der Waals surface area contributed by atoms with E-state index in [0.29, 0.717) is 15.2 Å². The second kappa shape index (κ2) is 5.38. The van der Waals surface area contributed by atoms with E-state index in [-0.39, 0.29) is 16.3 Å². The van der Waals surface area contributed by atoms with E-state index in [4.69, 9.17) is 17.3 Å². The molecule has 2 rings (SSSR count). The van der Waals surface area contributed by atoms with E-state index < -0.39 is 9.84 Å². The molecule has 0 aliphatic heterocycles. The van der Waals surface area contributed by atoms with Crippen molar-refractivity contribution in [2.45, 2.75) is 17.6 Å². The summed E-state index contributed by atoms with van der Waals surface area (Å²) in [5.74, 6) is -0.184. The zero-order valence-electron chi connectivity index (χ0n) is 10.9. The van der Waals surface area contributed by atoms with Gasteiger partial charge in [0.15, 0.2) is 9.84 Å². The van der Waals surface area contributed by atoms with E-state index in [9.17, 15) is 8.42 Å². The third kappa shape index (κ3) is 2.84. The minimum absolute atomic E-state index is 0.0765. The first-order valence-electron chi connectivity index (χ1n) is 5.68. The number of aromatic nitrogens is 2. The second-order valence-corrected chi connectivity index (χ2v) is 7.60. The fourth-order valence-corrected chi connectivity index (χ4v) is 4.28. The van der Waals surface area contributed by atoms with E-state index in [1.54, 1.807) is 18.7 Å². The lowest BCUT2D eigenvalue weighted by atomic mass is 10.3. The van der Waals surface area contributed by atoms with E-state index in [1.807, 2.05) is 0 Å². The Balaban J connectivity index is 2.46. The lowest BCUT2D eigenvalue weighted by molar-refractivity contribution is 0.592. The molecule has 20 heavy (non-hydrogen) atoms. The highest BCUT2D eigenvalue weighted by atomic mass is 79.9. The van der Waals surface area contributed by atoms with Gasteiger partial charge in [0.05, 0.1) is 32.2 Å². The number of aryl methyl sites for hydroxylation is 2. The molecule has 0 bridgehead atoms. The van der Waals surface area contributed by atoms with Crippen molar-refractivity contribution in [2.24, 2.45) is 7.05 Å². The van der Waals surface area contributed by atoms with Gasteiger partial charge in [-0.15, -0.1) is 0 Å². The SMILES string of the molecule is Cc1nn(C)c(CS(=O)(=O)c2ccc(Cl)cc2N)c1Br. The Bertz CT molecular complexity index is 771. The zero-order valence-corrected chi connectivity index (χ0v) is 14.1. The maximum atomic E-state index is 12.5. The molecule has 0 aliphatic rings. The average Bonchev–Trinajstić information content (AvgIpc) is 2.55. The van der Waals surface area contributed by atoms with Crippen LogP contribution in [-0.2, 0) is 22.6 Å². The van der Waals surface area contributed by atoms with Gasteiger partial charge >= 0.3 is 0 Å². The smallest absolute Gasteiger partial charge is 0.186 e. The summed E-state index contributed by atoms with van der Waals surface area (Å²) in [6, 6.07) is 4.36. The van der Waals surface area contributed by atoms with Crippen LogP contribution in [0.2, 0.25) is 5.02 Å². The van der Waals surface area contributed by atoms with Crippen LogP contribution < -0.4 is 5.73 Å². The normalized spacial score (nSPS) is 11.8. The van der Waals surface area contributed by atoms with Gasteiger partial charge in [-0.2, -0.15) is 5.10 Å². The van der Waals surface area contributed by atoms with Crippen LogP contribution in [0, 0.1) is 6.92 Å². The predicted molar refractivity (Wildman–Crippen MR) is 82.4 cm³/mol. The number of nitrogens with zero attached hydrogens (tertiary/aromatic N) is 2. The van der Waals surface area contributed by atoms with Crippen molar-refractivity contribution in [3.8, 4) is 0 Å². The topological polar surface area (TPSA) is 78.0 Å². The Labute approximate surface area is 130 Å². The molecule has 0 aliphatic carbocycles. The van der Waals surface area contributed by atoms with Crippen molar-refractivity contribution in [3.63, 3.8) is 0 Å². The quantitative estimate of drug-likeness (QED) is 0.833. The van der Waals surface area contributed by atoms with Gasteiger partial charge in [0.25, 0.3) is 0 Å². The summed E-state index contributed by atoms with van der Waals surface area (Å²) >= 11 is 9.14. The van der Waals surface area contributed by atoms with Crippen molar-refractivity contribution in [2.75, 3.05) is 5.73 Å². The largest absolute Gasteiger partial charge is 0.398 e. The van der Waals surface area contributed by atoms with Crippen molar-refractivity contribution >= 4 is 43.1 Å². The van der Waals surface area contributed by atoms with E-state index >= 15 is 0 Å². The van der Waals surface area contributed by atoms with Crippen LogP contribution in [0.1, 0.15) is 11.4 Å². The number of sulfone groups is 1. The van der Waals surface area contributed by atoms with Gasteiger partial charge in [0.2, 0.25) is 0 Å². The molecule has 0 radical (unpaired) electrons. The van der Waals surface area contributed by atoms with Crippen LogP contribution in [0.15, 0.2) is 27.6 Å². The standard InChI is InChI=1S/C12H13BrClN3O2S/c1-7-12(13)10(17(2)16-7)6-20(18,19)11-4-3-8(14)5-9(11)15/h3-5H,6,15H2,1-2H3. The summed E-state index contributed by atoms with van der Waals surface area (Å²) in [5, 5.41) is 4.58. The van der Waals surface area contributed by atoms with E-state index in [2.05, 4.69) is 21.0 Å². The predicted octanol–water partition coefficient (Wildman–Crippen LogP) is 2.70. The summed E-state index contributed by atoms with van der Waals surface area (Å²) in [6.45, 7) is 1.80. The highest BCUT2D eigenvalue weighted by Gasteiger charge is 2.23. The van der Waals surface area contributed by atoms with Crippen molar-refractivity contribution in [1.29, 1.82) is 0 Å². The molecule has 0 amide bonds. The fourth-order valence-electron chi connectivity index (χ4n) is 1.90. The third-order valence-electron chi connectivity index (χ3n) is 2.90. The van der Waals surface area contributed by atoms with Crippen LogP contribution in [0.5, 0.6) is 0 Å². The lowest BCUT2D eigenvalue weighted by Crippen LogP contribution is -2.11. The molecule has 0 atom stereocenters. The maximum Gasteiger partial charge on any atom is 0.186 e. The Kier molecular flexibility index (Phi) is 4.13. The number of hydrogen-bond acceptors (Lipinski definition) is 4. The van der Waals surface area contributed by atoms with Crippen LogP contribution in [-0.4, -0.2) is 18.2 Å². The van der Waals surface area contributed by atoms with Gasteiger partial charge < -0.3 is 5.73 Å². The molecule has 108 valence electrons. The second-order valence-electron chi connectivity index (χ2n) is 4.41. The van der Waals surface area contributed by atoms with Crippen LogP contribution in [0.25, 0.3) is 0 Å². The van der Waals surface area contributed by atoms with Gasteiger partial charge in [-0.3, -0.25) is 4.68 Å². The first-order chi connectivity index (χ1) is 9.22. The summed E-state index contributed by atoms with van der Waals surface area (Å²) < 4.78 is 27.2. The summed E-state index contributed by atoms with van der Waals surface area (Å²) in [7, 11) is -1.86. The van der Waals surface area contributed by atoms with Gasteiger partial charge in [0.1, 0.15) is 0 Å². The van der Waals surface area contributed by atoms with E-state index in [0.717, 1.165) is 5.69 Å². The van der Waals surface area contributed by atoms with Gasteiger partial charge in [-0.05, 0) is 41.1 Å². The van der Waals surface area contributed by atoms with E-state index in [1.165, 1.54) is 18.2 Å². The van der Waals surface area contributed by atoms with Gasteiger partial charge in [-0.1, -0.05) is 11.6 Å². The van der Waals surface area contributed by atoms with Crippen molar-refractivity contribution in [3.05, 3.63) is 39.1 Å². The lowest BCUT2D eigenvalue weighted by Gasteiger charge is -2.08. The summed E-state index contributed by atoms with van der Waals surface area (Å²) in [6.07, 6.45) is 0. The van der Waals surface area contributed by atoms with Crippen LogP contribution in [0.4, 0.5) is 5.69 Å². The van der Waals surface area contributed by atoms with Gasteiger partial charge in [-0.25, -0.2) is 8.42 Å². The molecule has 2 aromatic rings. The minimum atomic E-state index is -3.57. The molecule has 5 nitrogen and oxygen atoms in total. The number of benzene rings is 1. The van der Waals surface area contributed by atoms with Crippen LogP contribution in [0.3, 0.4) is 0 Å². The molecule has 0 spiro atoms. The Morgan fingerprint density at radius 1 is 1.45 bits per heavy atom. The number of nitrogen functional groups attached to an aromatic ring is 1.